The Morgan fingerprint density at radius 3 is 2.50 bits per heavy atom. The molecule has 9 heteroatoms. The topological polar surface area (TPSA) is 99.8 Å². The largest absolute Gasteiger partial charge is 0.395 e. The summed E-state index contributed by atoms with van der Waals surface area (Å²) in [6.07, 6.45) is 7.99. The second kappa shape index (κ2) is 11.7. The predicted molar refractivity (Wildman–Crippen MR) is 143 cm³/mol. The fraction of sp³-hybridized carbons (Fsp3) is 0.407. The maximum Gasteiger partial charge on any atom is 0.261 e. The number of benzene rings is 2. The van der Waals surface area contributed by atoms with Crippen LogP contribution in [-0.2, 0) is 13.0 Å². The number of β-amino-alcohol motifs (C(OH)–C–C–N with tert-alkyl or cyclic N) is 1. The van der Waals surface area contributed by atoms with E-state index in [2.05, 4.69) is 33.9 Å². The Balaban J connectivity index is 1.64. The highest BCUT2D eigenvalue weighted by molar-refractivity contribution is 6.31. The zero-order valence-electron chi connectivity index (χ0n) is 20.8. The van der Waals surface area contributed by atoms with Crippen LogP contribution in [0.4, 0.5) is 5.69 Å². The number of aromatic nitrogens is 2. The Morgan fingerprint density at radius 2 is 1.78 bits per heavy atom. The van der Waals surface area contributed by atoms with Crippen molar-refractivity contribution in [3.8, 4) is 0 Å². The molecule has 2 amide bonds. The molecular weight excluding hydrogens is 478 g/mol. The number of nitrogens with zero attached hydrogens (tertiary/aromatic N) is 4. The number of aryl methyl sites for hydroxylation is 1. The van der Waals surface area contributed by atoms with E-state index < -0.39 is 11.8 Å². The molecule has 4 rings (SSSR count). The summed E-state index contributed by atoms with van der Waals surface area (Å²) in [5, 5.41) is 15.5. The van der Waals surface area contributed by atoms with Gasteiger partial charge in [-0.05, 0) is 31.0 Å². The highest BCUT2D eigenvalue weighted by Crippen LogP contribution is 2.34. The van der Waals surface area contributed by atoms with E-state index in [1.54, 1.807) is 30.5 Å². The number of unbranched alkanes of at least 4 members (excludes halogenated alkanes) is 3. The Labute approximate surface area is 216 Å². The summed E-state index contributed by atoms with van der Waals surface area (Å²) in [5.74, 6) is 0.163. The first-order chi connectivity index (χ1) is 17.5. The third-order valence-corrected chi connectivity index (χ3v) is 6.75. The van der Waals surface area contributed by atoms with E-state index in [0.717, 1.165) is 66.9 Å². The van der Waals surface area contributed by atoms with Crippen LogP contribution in [0.1, 0.15) is 78.2 Å². The first kappa shape index (κ1) is 25.9. The summed E-state index contributed by atoms with van der Waals surface area (Å²) in [5.41, 5.74) is 5.37. The molecule has 0 bridgehead atoms. The van der Waals surface area contributed by atoms with Gasteiger partial charge in [0.05, 0.1) is 25.1 Å². The standard InChI is InChI=1S/C27H32ClN5O3/c1-3-5-7-14-32-22(25(28)30-23(32)11-6-4-2)17-29-31-21-13-12-20-24-18(21)9-8-10-19(24)26(35)33(15-16-34)27(20)36/h8-10,12-13,17,31,34H,3-7,11,14-16H2,1-2H3/b29-17+. The second-order valence-corrected chi connectivity index (χ2v) is 9.27. The Kier molecular flexibility index (Phi) is 8.38. The van der Waals surface area contributed by atoms with Crippen molar-refractivity contribution in [3.63, 3.8) is 0 Å². The number of aliphatic hydroxyl groups is 1. The van der Waals surface area contributed by atoms with Crippen LogP contribution in [0.5, 0.6) is 0 Å². The fourth-order valence-electron chi connectivity index (χ4n) is 4.61. The summed E-state index contributed by atoms with van der Waals surface area (Å²) >= 11 is 6.51. The Morgan fingerprint density at radius 1 is 1.03 bits per heavy atom. The molecule has 3 aromatic rings. The molecule has 0 radical (unpaired) electrons. The maximum absolute atomic E-state index is 12.9. The quantitative estimate of drug-likeness (QED) is 0.150. The van der Waals surface area contributed by atoms with Gasteiger partial charge in [0.25, 0.3) is 11.8 Å². The van der Waals surface area contributed by atoms with Gasteiger partial charge in [0.2, 0.25) is 0 Å². The number of carbonyl (C=O) groups is 2. The number of aliphatic hydroxyl groups excluding tert-OH is 1. The van der Waals surface area contributed by atoms with Crippen LogP contribution in [0.15, 0.2) is 35.4 Å². The zero-order chi connectivity index (χ0) is 25.7. The number of hydrogen-bond donors (Lipinski definition) is 2. The van der Waals surface area contributed by atoms with E-state index in [0.29, 0.717) is 27.4 Å². The number of hydrazone groups is 1. The Hall–Kier alpha value is -3.23. The summed E-state index contributed by atoms with van der Waals surface area (Å²) in [4.78, 5) is 31.5. The number of imide groups is 1. The number of carbonyl (C=O) groups excluding carboxylic acids is 2. The molecule has 0 saturated carbocycles. The van der Waals surface area contributed by atoms with Crippen LogP contribution >= 0.6 is 11.6 Å². The van der Waals surface area contributed by atoms with E-state index in [4.69, 9.17) is 11.6 Å². The van der Waals surface area contributed by atoms with Crippen molar-refractivity contribution in [1.29, 1.82) is 0 Å². The molecule has 0 unspecified atom stereocenters. The summed E-state index contributed by atoms with van der Waals surface area (Å²) in [6.45, 7) is 4.85. The number of amides is 2. The van der Waals surface area contributed by atoms with E-state index in [-0.39, 0.29) is 13.2 Å². The van der Waals surface area contributed by atoms with Gasteiger partial charge in [-0.15, -0.1) is 0 Å². The lowest BCUT2D eigenvalue weighted by molar-refractivity contribution is 0.0580. The summed E-state index contributed by atoms with van der Waals surface area (Å²) in [7, 11) is 0. The fourth-order valence-corrected chi connectivity index (χ4v) is 4.86. The predicted octanol–water partition coefficient (Wildman–Crippen LogP) is 5.26. The van der Waals surface area contributed by atoms with Crippen molar-refractivity contribution in [2.45, 2.75) is 58.9 Å². The molecule has 2 aromatic carbocycles. The van der Waals surface area contributed by atoms with Crippen LogP contribution in [0, 0.1) is 0 Å². The highest BCUT2D eigenvalue weighted by Gasteiger charge is 2.32. The lowest BCUT2D eigenvalue weighted by atomic mass is 9.93. The molecule has 190 valence electrons. The SMILES string of the molecule is CCCCCn1c(CCCC)nc(Cl)c1/C=N/Nc1ccc2c3c(cccc13)C(=O)N(CCO)C2=O. The van der Waals surface area contributed by atoms with Crippen molar-refractivity contribution in [3.05, 3.63) is 58.1 Å². The minimum absolute atomic E-state index is 0.0370. The molecule has 0 atom stereocenters. The molecule has 36 heavy (non-hydrogen) atoms. The van der Waals surface area contributed by atoms with Crippen molar-refractivity contribution in [2.75, 3.05) is 18.6 Å². The van der Waals surface area contributed by atoms with Gasteiger partial charge in [-0.3, -0.25) is 19.9 Å². The van der Waals surface area contributed by atoms with Crippen LogP contribution in [0.25, 0.3) is 10.8 Å². The van der Waals surface area contributed by atoms with Gasteiger partial charge in [-0.25, -0.2) is 4.98 Å². The van der Waals surface area contributed by atoms with Gasteiger partial charge < -0.3 is 9.67 Å². The van der Waals surface area contributed by atoms with E-state index in [9.17, 15) is 14.7 Å². The smallest absolute Gasteiger partial charge is 0.261 e. The van der Waals surface area contributed by atoms with Gasteiger partial charge in [-0.1, -0.05) is 56.8 Å². The number of anilines is 1. The Bertz CT molecular complexity index is 1280. The van der Waals surface area contributed by atoms with Gasteiger partial charge in [0.15, 0.2) is 5.15 Å². The van der Waals surface area contributed by atoms with Gasteiger partial charge >= 0.3 is 0 Å². The molecular formula is C27H32ClN5O3. The van der Waals surface area contributed by atoms with Crippen LogP contribution in [0.3, 0.4) is 0 Å². The monoisotopic (exact) mass is 509 g/mol. The lowest BCUT2D eigenvalue weighted by Crippen LogP contribution is -2.41. The second-order valence-electron chi connectivity index (χ2n) is 8.91. The van der Waals surface area contributed by atoms with E-state index >= 15 is 0 Å². The summed E-state index contributed by atoms with van der Waals surface area (Å²) < 4.78 is 2.16. The molecule has 0 fully saturated rings. The molecule has 2 heterocycles. The van der Waals surface area contributed by atoms with Gasteiger partial charge in [0.1, 0.15) is 11.5 Å². The van der Waals surface area contributed by atoms with Crippen molar-refractivity contribution in [2.24, 2.45) is 5.10 Å². The molecule has 0 spiro atoms. The minimum atomic E-state index is -0.407. The normalized spacial score (nSPS) is 13.4. The number of imidazole rings is 1. The molecule has 1 aliphatic heterocycles. The average molecular weight is 510 g/mol. The third-order valence-electron chi connectivity index (χ3n) is 6.47. The van der Waals surface area contributed by atoms with Crippen LogP contribution in [0.2, 0.25) is 5.15 Å². The molecule has 1 aliphatic rings. The van der Waals surface area contributed by atoms with E-state index in [1.165, 1.54) is 0 Å². The number of halogens is 1. The van der Waals surface area contributed by atoms with Crippen LogP contribution in [-0.4, -0.2) is 50.7 Å². The average Bonchev–Trinajstić information content (AvgIpc) is 3.18. The van der Waals surface area contributed by atoms with Gasteiger partial charge in [0, 0.05) is 34.9 Å². The summed E-state index contributed by atoms with van der Waals surface area (Å²) in [6, 6.07) is 8.79. The van der Waals surface area contributed by atoms with Crippen molar-refractivity contribution >= 4 is 46.1 Å². The third kappa shape index (κ3) is 5.01. The molecule has 1 aromatic heterocycles. The molecule has 0 saturated heterocycles. The van der Waals surface area contributed by atoms with Crippen LogP contribution < -0.4 is 5.43 Å². The van der Waals surface area contributed by atoms with Gasteiger partial charge in [-0.2, -0.15) is 5.10 Å². The first-order valence-corrected chi connectivity index (χ1v) is 13.0. The number of nitrogens with one attached hydrogen (secondary N) is 1. The number of rotatable bonds is 12. The maximum atomic E-state index is 12.9. The molecule has 2 N–H and O–H groups in total. The molecule has 0 aliphatic carbocycles. The van der Waals surface area contributed by atoms with Crippen molar-refractivity contribution in [1.82, 2.24) is 14.5 Å². The minimum Gasteiger partial charge on any atom is -0.395 e. The highest BCUT2D eigenvalue weighted by atomic mass is 35.5. The van der Waals surface area contributed by atoms with Crippen molar-refractivity contribution < 1.29 is 14.7 Å². The van der Waals surface area contributed by atoms with E-state index in [1.807, 2.05) is 6.07 Å². The molecule has 8 nitrogen and oxygen atoms in total. The lowest BCUT2D eigenvalue weighted by Gasteiger charge is -2.27. The zero-order valence-corrected chi connectivity index (χ0v) is 21.5. The first-order valence-electron chi connectivity index (χ1n) is 12.6. The number of hydrogen-bond acceptors (Lipinski definition) is 6.